The number of aromatic nitrogens is 2. The second kappa shape index (κ2) is 4.51. The molecule has 0 aliphatic heterocycles. The molecule has 0 atom stereocenters. The Morgan fingerprint density at radius 3 is 2.81 bits per heavy atom. The number of halogens is 1. The zero-order valence-corrected chi connectivity index (χ0v) is 11.4. The van der Waals surface area contributed by atoms with Gasteiger partial charge >= 0.3 is 0 Å². The third kappa shape index (κ3) is 2.25. The number of hydrogen-bond donors (Lipinski definition) is 0. The molecule has 2 rings (SSSR count). The highest BCUT2D eigenvalue weighted by Gasteiger charge is 2.14. The molecule has 0 saturated carbocycles. The molecule has 0 aliphatic carbocycles. The van der Waals surface area contributed by atoms with E-state index in [1.165, 1.54) is 0 Å². The molecule has 0 bridgehead atoms. The Morgan fingerprint density at radius 1 is 1.56 bits per heavy atom. The standard InChI is InChI=1S/C11H11BrN2OS/c1-7-9(6-13-14(7)2)10(15)5-8-3-4-11(12)16-8/h3-4,6H,5H2,1-2H3. The maximum absolute atomic E-state index is 12.0. The van der Waals surface area contributed by atoms with E-state index in [0.29, 0.717) is 12.0 Å². The normalized spacial score (nSPS) is 10.7. The first kappa shape index (κ1) is 11.5. The van der Waals surface area contributed by atoms with E-state index in [1.807, 2.05) is 26.1 Å². The van der Waals surface area contributed by atoms with Gasteiger partial charge in [0.15, 0.2) is 5.78 Å². The average Bonchev–Trinajstić information content (AvgIpc) is 2.76. The van der Waals surface area contributed by atoms with Crippen LogP contribution in [0.4, 0.5) is 0 Å². The molecular formula is C11H11BrN2OS. The summed E-state index contributed by atoms with van der Waals surface area (Å²) < 4.78 is 2.77. The fourth-order valence-electron chi connectivity index (χ4n) is 1.47. The van der Waals surface area contributed by atoms with Crippen LogP contribution in [0.3, 0.4) is 0 Å². The predicted molar refractivity (Wildman–Crippen MR) is 68.0 cm³/mol. The van der Waals surface area contributed by atoms with Gasteiger partial charge in [-0.05, 0) is 35.0 Å². The number of carbonyl (C=O) groups excluding carboxylic acids is 1. The van der Waals surface area contributed by atoms with Gasteiger partial charge in [0.1, 0.15) is 0 Å². The molecule has 2 heterocycles. The number of ketones is 1. The molecule has 0 unspecified atom stereocenters. The summed E-state index contributed by atoms with van der Waals surface area (Å²) in [5.41, 5.74) is 1.63. The van der Waals surface area contributed by atoms with Gasteiger partial charge < -0.3 is 0 Å². The van der Waals surface area contributed by atoms with Crippen LogP contribution in [0, 0.1) is 6.92 Å². The molecular weight excluding hydrogens is 288 g/mol. The lowest BCUT2D eigenvalue weighted by atomic mass is 10.1. The van der Waals surface area contributed by atoms with Crippen LogP contribution in [0.1, 0.15) is 20.9 Å². The molecule has 0 saturated heterocycles. The summed E-state index contributed by atoms with van der Waals surface area (Å²) in [6.07, 6.45) is 2.09. The van der Waals surface area contributed by atoms with Crippen LogP contribution >= 0.6 is 27.3 Å². The Bertz CT molecular complexity index is 530. The monoisotopic (exact) mass is 298 g/mol. The second-order valence-corrected chi connectivity index (χ2v) is 6.12. The van der Waals surface area contributed by atoms with Gasteiger partial charge in [-0.15, -0.1) is 11.3 Å². The van der Waals surface area contributed by atoms with Gasteiger partial charge in [-0.2, -0.15) is 5.10 Å². The number of aryl methyl sites for hydroxylation is 1. The minimum Gasteiger partial charge on any atom is -0.294 e. The highest BCUT2D eigenvalue weighted by Crippen LogP contribution is 2.23. The summed E-state index contributed by atoms with van der Waals surface area (Å²) in [4.78, 5) is 13.1. The van der Waals surface area contributed by atoms with Crippen LogP contribution in [-0.4, -0.2) is 15.6 Å². The maximum atomic E-state index is 12.0. The van der Waals surface area contributed by atoms with Crippen molar-refractivity contribution < 1.29 is 4.79 Å². The van der Waals surface area contributed by atoms with Crippen LogP contribution in [0.15, 0.2) is 22.1 Å². The van der Waals surface area contributed by atoms with Crippen molar-refractivity contribution in [3.8, 4) is 0 Å². The van der Waals surface area contributed by atoms with E-state index < -0.39 is 0 Å². The molecule has 3 nitrogen and oxygen atoms in total. The molecule has 84 valence electrons. The fourth-order valence-corrected chi connectivity index (χ4v) is 2.95. The second-order valence-electron chi connectivity index (χ2n) is 3.57. The molecule has 0 amide bonds. The van der Waals surface area contributed by atoms with Crippen LogP contribution in [0.5, 0.6) is 0 Å². The summed E-state index contributed by atoms with van der Waals surface area (Å²) in [5.74, 6) is 0.125. The summed E-state index contributed by atoms with van der Waals surface area (Å²) in [6.45, 7) is 1.91. The maximum Gasteiger partial charge on any atom is 0.171 e. The Hall–Kier alpha value is -0.940. The smallest absolute Gasteiger partial charge is 0.171 e. The molecule has 0 N–H and O–H groups in total. The van der Waals surface area contributed by atoms with Crippen LogP contribution in [0.2, 0.25) is 0 Å². The summed E-state index contributed by atoms with van der Waals surface area (Å²) in [6, 6.07) is 3.93. The number of carbonyl (C=O) groups is 1. The number of nitrogens with zero attached hydrogens (tertiary/aromatic N) is 2. The highest BCUT2D eigenvalue weighted by molar-refractivity contribution is 9.11. The summed E-state index contributed by atoms with van der Waals surface area (Å²) in [5, 5.41) is 4.07. The Balaban J connectivity index is 2.18. The zero-order valence-electron chi connectivity index (χ0n) is 9.03. The Morgan fingerprint density at radius 2 is 2.31 bits per heavy atom. The molecule has 0 aliphatic rings. The van der Waals surface area contributed by atoms with Crippen molar-refractivity contribution in [1.29, 1.82) is 0 Å². The first-order valence-electron chi connectivity index (χ1n) is 4.84. The lowest BCUT2D eigenvalue weighted by molar-refractivity contribution is 0.0993. The lowest BCUT2D eigenvalue weighted by Crippen LogP contribution is -2.04. The van der Waals surface area contributed by atoms with E-state index in [1.54, 1.807) is 22.2 Å². The van der Waals surface area contributed by atoms with E-state index in [0.717, 1.165) is 14.4 Å². The van der Waals surface area contributed by atoms with Crippen molar-refractivity contribution in [3.05, 3.63) is 38.3 Å². The van der Waals surface area contributed by atoms with Crippen molar-refractivity contribution in [2.24, 2.45) is 7.05 Å². The fraction of sp³-hybridized carbons (Fsp3) is 0.273. The van der Waals surface area contributed by atoms with Crippen molar-refractivity contribution in [2.75, 3.05) is 0 Å². The van der Waals surface area contributed by atoms with Gasteiger partial charge in [0.2, 0.25) is 0 Å². The average molecular weight is 299 g/mol. The van der Waals surface area contributed by atoms with Crippen LogP contribution in [0.25, 0.3) is 0 Å². The van der Waals surface area contributed by atoms with Crippen LogP contribution < -0.4 is 0 Å². The van der Waals surface area contributed by atoms with Gasteiger partial charge in [0, 0.05) is 24.0 Å². The third-order valence-electron chi connectivity index (χ3n) is 2.50. The molecule has 0 spiro atoms. The molecule has 0 radical (unpaired) electrons. The lowest BCUT2D eigenvalue weighted by Gasteiger charge is -1.98. The SMILES string of the molecule is Cc1c(C(=O)Cc2ccc(Br)s2)cnn1C. The van der Waals surface area contributed by atoms with Gasteiger partial charge in [-0.3, -0.25) is 9.48 Å². The van der Waals surface area contributed by atoms with Crippen molar-refractivity contribution in [2.45, 2.75) is 13.3 Å². The first-order chi connectivity index (χ1) is 7.58. The number of rotatable bonds is 3. The molecule has 16 heavy (non-hydrogen) atoms. The minimum atomic E-state index is 0.125. The van der Waals surface area contributed by atoms with Crippen LogP contribution in [-0.2, 0) is 13.5 Å². The number of hydrogen-bond acceptors (Lipinski definition) is 3. The van der Waals surface area contributed by atoms with E-state index >= 15 is 0 Å². The Labute approximate surface area is 106 Å². The van der Waals surface area contributed by atoms with E-state index in [9.17, 15) is 4.79 Å². The number of thiophene rings is 1. The molecule has 5 heteroatoms. The number of Topliss-reactive ketones (excluding diaryl/α,β-unsaturated/α-hetero) is 1. The topological polar surface area (TPSA) is 34.9 Å². The zero-order chi connectivity index (χ0) is 11.7. The van der Waals surface area contributed by atoms with E-state index in [4.69, 9.17) is 0 Å². The summed E-state index contributed by atoms with van der Waals surface area (Å²) >= 11 is 4.98. The molecule has 0 aromatic carbocycles. The van der Waals surface area contributed by atoms with Gasteiger partial charge in [-0.25, -0.2) is 0 Å². The predicted octanol–water partition coefficient (Wildman–Crippen LogP) is 2.98. The van der Waals surface area contributed by atoms with Gasteiger partial charge in [0.25, 0.3) is 0 Å². The van der Waals surface area contributed by atoms with Gasteiger partial charge in [0.05, 0.1) is 15.5 Å². The largest absolute Gasteiger partial charge is 0.294 e. The van der Waals surface area contributed by atoms with Gasteiger partial charge in [-0.1, -0.05) is 0 Å². The summed E-state index contributed by atoms with van der Waals surface area (Å²) in [7, 11) is 1.84. The molecule has 0 fully saturated rings. The first-order valence-corrected chi connectivity index (χ1v) is 6.45. The quantitative estimate of drug-likeness (QED) is 0.817. The van der Waals surface area contributed by atoms with E-state index in [-0.39, 0.29) is 5.78 Å². The highest BCUT2D eigenvalue weighted by atomic mass is 79.9. The Kier molecular flexibility index (Phi) is 3.25. The van der Waals surface area contributed by atoms with Crippen molar-refractivity contribution in [1.82, 2.24) is 9.78 Å². The molecule has 2 aromatic heterocycles. The third-order valence-corrected chi connectivity index (χ3v) is 4.12. The minimum absolute atomic E-state index is 0.125. The van der Waals surface area contributed by atoms with E-state index in [2.05, 4.69) is 21.0 Å². The van der Waals surface area contributed by atoms with Crippen molar-refractivity contribution in [3.63, 3.8) is 0 Å². The molecule has 2 aromatic rings. The van der Waals surface area contributed by atoms with Crippen molar-refractivity contribution >= 4 is 33.0 Å².